The summed E-state index contributed by atoms with van der Waals surface area (Å²) in [6.07, 6.45) is 0. The van der Waals surface area contributed by atoms with E-state index in [1.54, 1.807) is 41.2 Å². The third-order valence-electron chi connectivity index (χ3n) is 4.11. The van der Waals surface area contributed by atoms with Crippen LogP contribution in [0.2, 0.25) is 0 Å². The Bertz CT molecular complexity index is 1220. The Morgan fingerprint density at radius 1 is 1.29 bits per heavy atom. The fourth-order valence-electron chi connectivity index (χ4n) is 2.74. The largest absolute Gasteiger partial charge is 0.493 e. The molecule has 0 fully saturated rings. The fourth-order valence-corrected chi connectivity index (χ4v) is 5.33. The Kier molecular flexibility index (Phi) is 5.48. The lowest BCUT2D eigenvalue weighted by molar-refractivity contribution is 0.343. The highest BCUT2D eigenvalue weighted by Crippen LogP contribution is 2.34. The number of thioether (sulfide) groups is 1. The Labute approximate surface area is 173 Å². The highest BCUT2D eigenvalue weighted by atomic mass is 32.2. The van der Waals surface area contributed by atoms with Gasteiger partial charge in [-0.15, -0.1) is 22.7 Å². The maximum absolute atomic E-state index is 12.9. The minimum Gasteiger partial charge on any atom is -0.493 e. The Hall–Kier alpha value is -2.60. The Morgan fingerprint density at radius 2 is 2.18 bits per heavy atom. The number of thiophene rings is 2. The quantitative estimate of drug-likeness (QED) is 0.253. The van der Waals surface area contributed by atoms with Crippen LogP contribution in [0.4, 0.5) is 0 Å². The van der Waals surface area contributed by atoms with Gasteiger partial charge in [-0.2, -0.15) is 5.26 Å². The second kappa shape index (κ2) is 8.19. The van der Waals surface area contributed by atoms with Crippen molar-refractivity contribution < 1.29 is 4.74 Å². The van der Waals surface area contributed by atoms with Crippen LogP contribution in [0.3, 0.4) is 0 Å². The van der Waals surface area contributed by atoms with E-state index in [0.29, 0.717) is 34.2 Å². The Balaban J connectivity index is 1.49. The van der Waals surface area contributed by atoms with E-state index in [9.17, 15) is 4.79 Å². The standard InChI is InChI=1S/C20H15N3O2S3/c1-23-19(24)17-15(16-6-3-8-26-16)12-28-18(17)22-20(23)27-9-7-25-14-5-2-4-13(10-14)11-21/h2-6,8,10,12H,7,9H2,1H3. The molecule has 4 aromatic rings. The first-order chi connectivity index (χ1) is 13.7. The number of hydrogen-bond donors (Lipinski definition) is 0. The van der Waals surface area contributed by atoms with E-state index >= 15 is 0 Å². The van der Waals surface area contributed by atoms with Crippen LogP contribution < -0.4 is 10.3 Å². The molecule has 3 aromatic heterocycles. The summed E-state index contributed by atoms with van der Waals surface area (Å²) in [5.74, 6) is 1.31. The average molecular weight is 426 g/mol. The number of aromatic nitrogens is 2. The van der Waals surface area contributed by atoms with Gasteiger partial charge in [-0.3, -0.25) is 9.36 Å². The predicted octanol–water partition coefficient (Wildman–Crippen LogP) is 4.77. The zero-order chi connectivity index (χ0) is 19.5. The maximum Gasteiger partial charge on any atom is 0.263 e. The van der Waals surface area contributed by atoms with Crippen molar-refractivity contribution in [3.8, 4) is 22.3 Å². The molecule has 3 heterocycles. The molecule has 0 aliphatic rings. The van der Waals surface area contributed by atoms with Crippen LogP contribution >= 0.6 is 34.4 Å². The van der Waals surface area contributed by atoms with Gasteiger partial charge in [0, 0.05) is 28.6 Å². The van der Waals surface area contributed by atoms with E-state index in [1.807, 2.05) is 29.0 Å². The van der Waals surface area contributed by atoms with Gasteiger partial charge in [-0.25, -0.2) is 4.98 Å². The monoisotopic (exact) mass is 425 g/mol. The molecule has 0 spiro atoms. The van der Waals surface area contributed by atoms with Crippen LogP contribution in [0.15, 0.2) is 57.1 Å². The Morgan fingerprint density at radius 3 is 2.96 bits per heavy atom. The minimum atomic E-state index is -0.0280. The highest BCUT2D eigenvalue weighted by Gasteiger charge is 2.16. The van der Waals surface area contributed by atoms with E-state index in [1.165, 1.54) is 23.1 Å². The van der Waals surface area contributed by atoms with Gasteiger partial charge in [0.1, 0.15) is 10.6 Å². The molecule has 0 amide bonds. The lowest BCUT2D eigenvalue weighted by Gasteiger charge is -2.09. The molecular weight excluding hydrogens is 410 g/mol. The first-order valence-corrected chi connectivity index (χ1v) is 11.2. The molecule has 140 valence electrons. The summed E-state index contributed by atoms with van der Waals surface area (Å²) < 4.78 is 7.30. The van der Waals surface area contributed by atoms with Gasteiger partial charge in [0.15, 0.2) is 5.16 Å². The van der Waals surface area contributed by atoms with Crippen LogP contribution in [0.25, 0.3) is 20.7 Å². The minimum absolute atomic E-state index is 0.0280. The van der Waals surface area contributed by atoms with E-state index in [4.69, 9.17) is 10.00 Å². The third kappa shape index (κ3) is 3.69. The summed E-state index contributed by atoms with van der Waals surface area (Å²) in [6, 6.07) is 13.2. The molecule has 4 rings (SSSR count). The van der Waals surface area contributed by atoms with Crippen LogP contribution in [-0.2, 0) is 7.05 Å². The topological polar surface area (TPSA) is 67.9 Å². The van der Waals surface area contributed by atoms with Crippen LogP contribution in [-0.4, -0.2) is 21.9 Å². The first-order valence-electron chi connectivity index (χ1n) is 8.45. The summed E-state index contributed by atoms with van der Waals surface area (Å²) in [5, 5.41) is 14.3. The molecule has 0 aliphatic carbocycles. The van der Waals surface area contributed by atoms with Gasteiger partial charge >= 0.3 is 0 Å². The molecule has 1 aromatic carbocycles. The number of hydrogen-bond acceptors (Lipinski definition) is 7. The summed E-state index contributed by atoms with van der Waals surface area (Å²) in [6.45, 7) is 0.457. The zero-order valence-electron chi connectivity index (χ0n) is 14.9. The molecule has 0 bridgehead atoms. The number of fused-ring (bicyclic) bond motifs is 1. The highest BCUT2D eigenvalue weighted by molar-refractivity contribution is 7.99. The molecule has 28 heavy (non-hydrogen) atoms. The summed E-state index contributed by atoms with van der Waals surface area (Å²) in [4.78, 5) is 19.4. The smallest absolute Gasteiger partial charge is 0.263 e. The second-order valence-electron chi connectivity index (χ2n) is 5.90. The maximum atomic E-state index is 12.9. The lowest BCUT2D eigenvalue weighted by Crippen LogP contribution is -2.20. The second-order valence-corrected chi connectivity index (χ2v) is 8.77. The van der Waals surface area contributed by atoms with Crippen molar-refractivity contribution in [1.82, 2.24) is 9.55 Å². The molecule has 0 saturated heterocycles. The van der Waals surface area contributed by atoms with Gasteiger partial charge in [0.05, 0.1) is 23.6 Å². The van der Waals surface area contributed by atoms with E-state index in [-0.39, 0.29) is 5.56 Å². The molecule has 0 N–H and O–H groups in total. The van der Waals surface area contributed by atoms with Crippen molar-refractivity contribution in [3.63, 3.8) is 0 Å². The van der Waals surface area contributed by atoms with Crippen molar-refractivity contribution >= 4 is 44.7 Å². The molecule has 8 heteroatoms. The average Bonchev–Trinajstić information content (AvgIpc) is 3.38. The number of benzene rings is 1. The van der Waals surface area contributed by atoms with Crippen molar-refractivity contribution in [2.24, 2.45) is 7.05 Å². The molecule has 0 saturated carbocycles. The molecule has 0 unspecified atom stereocenters. The van der Waals surface area contributed by atoms with E-state index < -0.39 is 0 Å². The fraction of sp³-hybridized carbons (Fsp3) is 0.150. The van der Waals surface area contributed by atoms with E-state index in [2.05, 4.69) is 11.1 Å². The van der Waals surface area contributed by atoms with Gasteiger partial charge in [0.25, 0.3) is 5.56 Å². The SMILES string of the molecule is Cn1c(SCCOc2cccc(C#N)c2)nc2scc(-c3cccs3)c2c1=O. The molecular formula is C20H15N3O2S3. The first kappa shape index (κ1) is 18.7. The number of nitrogens with zero attached hydrogens (tertiary/aromatic N) is 3. The van der Waals surface area contributed by atoms with Crippen LogP contribution in [0.1, 0.15) is 5.56 Å². The number of ether oxygens (including phenoxy) is 1. The van der Waals surface area contributed by atoms with E-state index in [0.717, 1.165) is 15.3 Å². The normalized spacial score (nSPS) is 10.9. The zero-order valence-corrected chi connectivity index (χ0v) is 17.4. The molecule has 0 radical (unpaired) electrons. The molecule has 0 atom stereocenters. The van der Waals surface area contributed by atoms with Crippen molar-refractivity contribution in [2.75, 3.05) is 12.4 Å². The van der Waals surface area contributed by atoms with Gasteiger partial charge in [0.2, 0.25) is 0 Å². The van der Waals surface area contributed by atoms with Crippen molar-refractivity contribution in [2.45, 2.75) is 5.16 Å². The van der Waals surface area contributed by atoms with Gasteiger partial charge in [-0.1, -0.05) is 23.9 Å². The lowest BCUT2D eigenvalue weighted by atomic mass is 10.2. The summed E-state index contributed by atoms with van der Waals surface area (Å²) in [5.41, 5.74) is 1.50. The van der Waals surface area contributed by atoms with Gasteiger partial charge < -0.3 is 4.74 Å². The van der Waals surface area contributed by atoms with Crippen molar-refractivity contribution in [1.29, 1.82) is 5.26 Å². The third-order valence-corrected chi connectivity index (χ3v) is 6.88. The number of rotatable bonds is 6. The predicted molar refractivity (Wildman–Crippen MR) is 116 cm³/mol. The molecule has 5 nitrogen and oxygen atoms in total. The summed E-state index contributed by atoms with van der Waals surface area (Å²) >= 11 is 4.60. The number of nitriles is 1. The van der Waals surface area contributed by atoms with Crippen LogP contribution in [0, 0.1) is 11.3 Å². The van der Waals surface area contributed by atoms with Crippen molar-refractivity contribution in [3.05, 3.63) is 63.1 Å². The summed E-state index contributed by atoms with van der Waals surface area (Å²) in [7, 11) is 1.75. The van der Waals surface area contributed by atoms with Gasteiger partial charge in [-0.05, 0) is 29.6 Å². The van der Waals surface area contributed by atoms with Crippen LogP contribution in [0.5, 0.6) is 5.75 Å². The molecule has 0 aliphatic heterocycles.